The third-order valence-corrected chi connectivity index (χ3v) is 10.9. The molecule has 0 saturated carbocycles. The Hall–Kier alpha value is -3.44. The van der Waals surface area contributed by atoms with Crippen LogP contribution in [0.4, 0.5) is 11.4 Å². The summed E-state index contributed by atoms with van der Waals surface area (Å²) in [4.78, 5) is 16.3. The van der Waals surface area contributed by atoms with Gasteiger partial charge in [-0.1, -0.05) is 50.3 Å². The number of carboxylic acid groups (broad SMARTS) is 1. The second kappa shape index (κ2) is 15.4. The Labute approximate surface area is 291 Å². The normalized spacial score (nSPS) is 18.1. The van der Waals surface area contributed by atoms with Crippen molar-refractivity contribution in [3.05, 3.63) is 106 Å². The van der Waals surface area contributed by atoms with Gasteiger partial charge in [0.25, 0.3) is 10.1 Å². The molecule has 48 heavy (non-hydrogen) atoms. The number of anilines is 1. The van der Waals surface area contributed by atoms with Crippen LogP contribution in [0.3, 0.4) is 0 Å². The first-order valence-electron chi connectivity index (χ1n) is 16.3. The van der Waals surface area contributed by atoms with Crippen molar-refractivity contribution in [1.29, 1.82) is 0 Å². The molecule has 4 rings (SSSR count). The smallest absolute Gasteiger partial charge is 0.303 e. The molecule has 0 radical (unpaired) electrons. The van der Waals surface area contributed by atoms with E-state index in [2.05, 4.69) is 122 Å². The summed E-state index contributed by atoms with van der Waals surface area (Å²) >= 11 is 1.67. The predicted octanol–water partition coefficient (Wildman–Crippen LogP) is 7.31. The van der Waals surface area contributed by atoms with E-state index in [0.29, 0.717) is 19.4 Å². The molecule has 2 heterocycles. The predicted molar refractivity (Wildman–Crippen MR) is 199 cm³/mol. The van der Waals surface area contributed by atoms with Gasteiger partial charge in [-0.25, -0.2) is 0 Å². The summed E-state index contributed by atoms with van der Waals surface area (Å²) in [7, 11) is 0.120. The summed E-state index contributed by atoms with van der Waals surface area (Å²) in [5, 5.41) is 8.95. The summed E-state index contributed by atoms with van der Waals surface area (Å²) in [5.74, 6) is -1.03. The molecule has 0 atom stereocenters. The van der Waals surface area contributed by atoms with Gasteiger partial charge in [0.2, 0.25) is 5.69 Å². The summed E-state index contributed by atoms with van der Waals surface area (Å²) in [6.45, 7) is 10.9. The zero-order chi connectivity index (χ0) is 35.3. The van der Waals surface area contributed by atoms with Crippen molar-refractivity contribution >= 4 is 44.9 Å². The Morgan fingerprint density at radius 2 is 1.77 bits per heavy atom. The maximum absolute atomic E-state index is 11.4. The molecule has 0 fully saturated rings. The first-order valence-corrected chi connectivity index (χ1v) is 19.2. The first-order chi connectivity index (χ1) is 22.6. The maximum atomic E-state index is 11.4. The number of aliphatic carboxylic acids is 1. The Bertz CT molecular complexity index is 1780. The van der Waals surface area contributed by atoms with E-state index in [4.69, 9.17) is 5.11 Å². The van der Waals surface area contributed by atoms with Gasteiger partial charge >= 0.3 is 5.97 Å². The monoisotopic (exact) mass is 692 g/mol. The minimum absolute atomic E-state index is 0.185. The molecule has 8 nitrogen and oxygen atoms in total. The van der Waals surface area contributed by atoms with Crippen LogP contribution in [0.15, 0.2) is 89.5 Å². The van der Waals surface area contributed by atoms with E-state index in [0.717, 1.165) is 29.4 Å². The van der Waals surface area contributed by atoms with Crippen LogP contribution in [0, 0.1) is 0 Å². The van der Waals surface area contributed by atoms with Crippen LogP contribution >= 0.6 is 11.8 Å². The first kappa shape index (κ1) is 37.4. The van der Waals surface area contributed by atoms with Gasteiger partial charge in [-0.05, 0) is 88.0 Å². The van der Waals surface area contributed by atoms with Crippen LogP contribution in [-0.2, 0) is 32.3 Å². The Morgan fingerprint density at radius 1 is 1.04 bits per heavy atom. The minimum Gasteiger partial charge on any atom is -0.481 e. The number of para-hydroxylation sites is 1. The minimum atomic E-state index is -4.02. The molecule has 0 unspecified atom stereocenters. The van der Waals surface area contributed by atoms with Gasteiger partial charge in [-0.15, -0.1) is 11.8 Å². The number of carbonyl (C=O) groups is 1. The second-order valence-electron chi connectivity index (χ2n) is 13.6. The average molecular weight is 693 g/mol. The molecule has 0 aliphatic carbocycles. The molecule has 0 aromatic heterocycles. The number of hydrogen-bond donors (Lipinski definition) is 2. The highest BCUT2D eigenvalue weighted by Gasteiger charge is 2.43. The van der Waals surface area contributed by atoms with Gasteiger partial charge in [-0.3, -0.25) is 9.35 Å². The molecule has 0 amide bonds. The summed E-state index contributed by atoms with van der Waals surface area (Å²) in [5.41, 5.74) is 7.79. The topological polar surface area (TPSA) is 101 Å². The molecule has 0 bridgehead atoms. The molecular formula is C38H50N3O5S2+. The summed E-state index contributed by atoms with van der Waals surface area (Å²) in [6.07, 6.45) is 15.9. The van der Waals surface area contributed by atoms with E-state index in [1.165, 1.54) is 28.1 Å². The fourth-order valence-electron chi connectivity index (χ4n) is 6.82. The number of nitrogens with zero attached hydrogens (tertiary/aromatic N) is 3. The highest BCUT2D eigenvalue weighted by Crippen LogP contribution is 2.47. The maximum Gasteiger partial charge on any atom is 0.303 e. The van der Waals surface area contributed by atoms with Gasteiger partial charge in [0.05, 0.1) is 11.2 Å². The number of allylic oxidation sites excluding steroid dienone is 7. The molecule has 2 aliphatic rings. The van der Waals surface area contributed by atoms with E-state index in [-0.39, 0.29) is 23.0 Å². The average Bonchev–Trinajstić information content (AvgIpc) is 3.33. The van der Waals surface area contributed by atoms with Crippen molar-refractivity contribution in [3.8, 4) is 0 Å². The van der Waals surface area contributed by atoms with Crippen LogP contribution < -0.4 is 4.90 Å². The second-order valence-corrected chi connectivity index (χ2v) is 16.1. The van der Waals surface area contributed by atoms with Gasteiger partial charge in [0.15, 0.2) is 5.71 Å². The third-order valence-electron chi connectivity index (χ3n) is 9.33. The van der Waals surface area contributed by atoms with E-state index in [1.807, 2.05) is 19.2 Å². The largest absolute Gasteiger partial charge is 0.481 e. The lowest BCUT2D eigenvalue weighted by atomic mass is 9.80. The van der Waals surface area contributed by atoms with Crippen molar-refractivity contribution in [2.24, 2.45) is 0 Å². The summed E-state index contributed by atoms with van der Waals surface area (Å²) in [6, 6.07) is 14.8. The van der Waals surface area contributed by atoms with Gasteiger partial charge in [0.1, 0.15) is 7.05 Å². The number of hydrogen-bond acceptors (Lipinski definition) is 6. The van der Waals surface area contributed by atoms with Gasteiger partial charge in [0, 0.05) is 58.9 Å². The molecule has 258 valence electrons. The standard InChI is InChI=1S/C38H49N3O5S2/c1-37(2)30-16-8-9-17-33(30)41(24-13-25-48(44,45)46)35(37)19-11-15-29(47-7)14-10-18-34-38(3,4)31-26-28(21-22-32(31)40(34)6)27-39(5)23-12-20-36(42)43/h8-11,14-19,21-22,26H,12-13,20,23-25,27H2,1-7H3,(H-,42,43,44,45,46)/p+1. The lowest BCUT2D eigenvalue weighted by Crippen LogP contribution is -2.28. The highest BCUT2D eigenvalue weighted by atomic mass is 32.2. The van der Waals surface area contributed by atoms with Crippen LogP contribution in [0.1, 0.15) is 63.6 Å². The SMILES string of the molecule is CSC(=C\C=C\C1=[N+](C)c2ccc(CN(C)CCCC(=O)O)cc2C1(C)C)/C=C/C=C1/N(CCCS(=O)(=O)O)c2ccccc2C1(C)C. The highest BCUT2D eigenvalue weighted by molar-refractivity contribution is 8.02. The molecule has 10 heteroatoms. The Balaban J connectivity index is 1.50. The third kappa shape index (κ3) is 8.77. The Morgan fingerprint density at radius 3 is 2.46 bits per heavy atom. The van der Waals surface area contributed by atoms with Crippen LogP contribution in [-0.4, -0.2) is 78.4 Å². The number of thioether (sulfide) groups is 1. The van der Waals surface area contributed by atoms with Crippen molar-refractivity contribution in [3.63, 3.8) is 0 Å². The van der Waals surface area contributed by atoms with E-state index in [1.54, 1.807) is 11.8 Å². The number of fused-ring (bicyclic) bond motifs is 2. The molecule has 2 aliphatic heterocycles. The van der Waals surface area contributed by atoms with Crippen molar-refractivity contribution in [2.45, 2.75) is 64.3 Å². The van der Waals surface area contributed by atoms with Crippen molar-refractivity contribution in [1.82, 2.24) is 4.90 Å². The zero-order valence-corrected chi connectivity index (χ0v) is 30.9. The molecule has 2 aromatic rings. The van der Waals surface area contributed by atoms with Crippen LogP contribution in [0.2, 0.25) is 0 Å². The number of benzene rings is 2. The molecule has 2 N–H and O–H groups in total. The Kier molecular flexibility index (Phi) is 12.0. The molecule has 0 saturated heterocycles. The van der Waals surface area contributed by atoms with E-state index < -0.39 is 16.1 Å². The van der Waals surface area contributed by atoms with Gasteiger partial charge in [-0.2, -0.15) is 13.0 Å². The lowest BCUT2D eigenvalue weighted by Gasteiger charge is -2.27. The number of rotatable bonds is 15. The fraction of sp³-hybridized carbons (Fsp3) is 0.421. The van der Waals surface area contributed by atoms with Crippen LogP contribution in [0.25, 0.3) is 0 Å². The fourth-order valence-corrected chi connectivity index (χ4v) is 7.74. The molecule has 0 spiro atoms. The molecular weight excluding hydrogens is 643 g/mol. The van der Waals surface area contributed by atoms with Gasteiger partial charge < -0.3 is 14.9 Å². The molecule has 2 aromatic carbocycles. The van der Waals surface area contributed by atoms with Crippen LogP contribution in [0.5, 0.6) is 0 Å². The van der Waals surface area contributed by atoms with E-state index in [9.17, 15) is 17.8 Å². The van der Waals surface area contributed by atoms with Crippen molar-refractivity contribution < 1.29 is 27.4 Å². The quantitative estimate of drug-likeness (QED) is 0.114. The number of carboxylic acids is 1. The van der Waals surface area contributed by atoms with Crippen molar-refractivity contribution in [2.75, 3.05) is 44.1 Å². The zero-order valence-electron chi connectivity index (χ0n) is 29.2. The lowest BCUT2D eigenvalue weighted by molar-refractivity contribution is -0.401. The van der Waals surface area contributed by atoms with E-state index >= 15 is 0 Å². The summed E-state index contributed by atoms with van der Waals surface area (Å²) < 4.78 is 34.3.